The largest absolute Gasteiger partial charge is 0.399 e. The molecule has 0 saturated heterocycles. The van der Waals surface area contributed by atoms with Crippen LogP contribution < -0.4 is 5.73 Å². The highest BCUT2D eigenvalue weighted by Crippen LogP contribution is 2.14. The fraction of sp³-hybridized carbons (Fsp3) is 0.143. The van der Waals surface area contributed by atoms with Crippen LogP contribution in [0.25, 0.3) is 11.0 Å². The summed E-state index contributed by atoms with van der Waals surface area (Å²) in [5, 5.41) is 7.74. The second-order valence-electron chi connectivity index (χ2n) is 2.46. The van der Waals surface area contributed by atoms with Crippen LogP contribution in [0.2, 0.25) is 0 Å². The average molecular weight is 183 g/mol. The van der Waals surface area contributed by atoms with E-state index in [1.54, 1.807) is 16.8 Å². The molecule has 5 heteroatoms. The molecule has 62 valence electrons. The molecule has 2 N–H and O–H groups in total. The summed E-state index contributed by atoms with van der Waals surface area (Å²) in [7, 11) is 0. The molecule has 1 aromatic carbocycles. The molecule has 0 aliphatic carbocycles. The zero-order valence-corrected chi connectivity index (χ0v) is 6.99. The number of aromatic nitrogens is 3. The van der Waals surface area contributed by atoms with Crippen molar-refractivity contribution in [2.24, 2.45) is 0 Å². The molecule has 1 aromatic heterocycles. The molecule has 0 radical (unpaired) electrons. The molecular weight excluding hydrogens is 176 g/mol. The summed E-state index contributed by atoms with van der Waals surface area (Å²) in [6.45, 7) is 0. The van der Waals surface area contributed by atoms with E-state index in [1.807, 2.05) is 6.07 Å². The van der Waals surface area contributed by atoms with E-state index in [9.17, 15) is 0 Å². The molecule has 0 amide bonds. The van der Waals surface area contributed by atoms with Crippen molar-refractivity contribution in [3.05, 3.63) is 18.2 Å². The predicted octanol–water partition coefficient (Wildman–Crippen LogP) is 1.21. The lowest BCUT2D eigenvalue weighted by Crippen LogP contribution is -1.94. The monoisotopic (exact) mass is 182 g/mol. The molecule has 12 heavy (non-hydrogen) atoms. The molecular formula is C7H7ClN4. The van der Waals surface area contributed by atoms with Crippen molar-refractivity contribution in [1.29, 1.82) is 0 Å². The maximum Gasteiger partial charge on any atom is 0.117 e. The van der Waals surface area contributed by atoms with Gasteiger partial charge in [-0.2, -0.15) is 0 Å². The Hall–Kier alpha value is -1.29. The van der Waals surface area contributed by atoms with Gasteiger partial charge >= 0.3 is 0 Å². The zero-order valence-electron chi connectivity index (χ0n) is 6.24. The van der Waals surface area contributed by atoms with Crippen LogP contribution in [0.15, 0.2) is 18.2 Å². The quantitative estimate of drug-likeness (QED) is 0.533. The molecule has 0 spiro atoms. The molecule has 1 heterocycles. The highest BCUT2D eigenvalue weighted by Gasteiger charge is 2.02. The van der Waals surface area contributed by atoms with Crippen LogP contribution in [-0.4, -0.2) is 15.0 Å². The number of hydrogen-bond acceptors (Lipinski definition) is 3. The molecule has 0 saturated carbocycles. The molecule has 2 rings (SSSR count). The minimum Gasteiger partial charge on any atom is -0.399 e. The fourth-order valence-corrected chi connectivity index (χ4v) is 1.25. The first-order valence-electron chi connectivity index (χ1n) is 3.46. The lowest BCUT2D eigenvalue weighted by Gasteiger charge is -1.95. The van der Waals surface area contributed by atoms with Gasteiger partial charge in [-0.05, 0) is 18.2 Å². The van der Waals surface area contributed by atoms with Gasteiger partial charge in [0.05, 0.1) is 5.52 Å². The van der Waals surface area contributed by atoms with Gasteiger partial charge < -0.3 is 5.73 Å². The van der Waals surface area contributed by atoms with Crippen molar-refractivity contribution in [3.8, 4) is 0 Å². The van der Waals surface area contributed by atoms with E-state index in [4.69, 9.17) is 17.3 Å². The summed E-state index contributed by atoms with van der Waals surface area (Å²) in [6, 6.07) is 5.70. The van der Waals surface area contributed by atoms with E-state index in [0.717, 1.165) is 11.0 Å². The topological polar surface area (TPSA) is 56.7 Å². The van der Waals surface area contributed by atoms with Gasteiger partial charge in [0, 0.05) is 5.69 Å². The molecule has 0 aliphatic heterocycles. The number of alkyl halides is 1. The van der Waals surface area contributed by atoms with Crippen molar-refractivity contribution in [2.75, 3.05) is 5.73 Å². The first-order chi connectivity index (χ1) is 5.81. The molecule has 4 nitrogen and oxygen atoms in total. The van der Waals surface area contributed by atoms with Gasteiger partial charge in [0.1, 0.15) is 11.5 Å². The maximum absolute atomic E-state index is 5.62. The van der Waals surface area contributed by atoms with E-state index in [1.165, 1.54) is 0 Å². The van der Waals surface area contributed by atoms with Gasteiger partial charge in [-0.3, -0.25) is 0 Å². The van der Waals surface area contributed by atoms with Crippen molar-refractivity contribution < 1.29 is 0 Å². The standard InChI is InChI=1S/C7H7ClN4/c8-4-12-7-3-5(9)1-2-6(7)10-11-12/h1-3H,4,9H2. The first-order valence-corrected chi connectivity index (χ1v) is 3.99. The van der Waals surface area contributed by atoms with Gasteiger partial charge in [-0.25, -0.2) is 4.68 Å². The van der Waals surface area contributed by atoms with Gasteiger partial charge in [0.25, 0.3) is 0 Å². The number of nitrogens with zero attached hydrogens (tertiary/aromatic N) is 3. The molecule has 0 unspecified atom stereocenters. The summed E-state index contributed by atoms with van der Waals surface area (Å²) in [5.41, 5.74) is 7.96. The van der Waals surface area contributed by atoms with Crippen molar-refractivity contribution >= 4 is 28.3 Å². The number of rotatable bonds is 1. The minimum absolute atomic E-state index is 0.292. The lowest BCUT2D eigenvalue weighted by molar-refractivity contribution is 0.717. The maximum atomic E-state index is 5.62. The van der Waals surface area contributed by atoms with Crippen LogP contribution in [0.3, 0.4) is 0 Å². The molecule has 0 aliphatic rings. The summed E-state index contributed by atoms with van der Waals surface area (Å²) in [4.78, 5) is 0. The van der Waals surface area contributed by atoms with Gasteiger partial charge in [-0.1, -0.05) is 5.21 Å². The molecule has 2 aromatic rings. The number of benzene rings is 1. The Bertz CT molecular complexity index is 409. The van der Waals surface area contributed by atoms with E-state index in [-0.39, 0.29) is 0 Å². The van der Waals surface area contributed by atoms with Crippen LogP contribution in [0.1, 0.15) is 0 Å². The average Bonchev–Trinajstić information content (AvgIpc) is 2.46. The van der Waals surface area contributed by atoms with Crippen LogP contribution in [0, 0.1) is 0 Å². The Morgan fingerprint density at radius 2 is 2.33 bits per heavy atom. The van der Waals surface area contributed by atoms with E-state index in [2.05, 4.69) is 10.3 Å². The molecule has 0 atom stereocenters. The summed E-state index contributed by atoms with van der Waals surface area (Å²) in [5.74, 6) is 0. The second-order valence-corrected chi connectivity index (χ2v) is 2.70. The zero-order chi connectivity index (χ0) is 8.55. The number of hydrogen-bond donors (Lipinski definition) is 1. The van der Waals surface area contributed by atoms with Crippen LogP contribution in [-0.2, 0) is 6.00 Å². The third-order valence-electron chi connectivity index (χ3n) is 1.65. The second kappa shape index (κ2) is 2.64. The highest BCUT2D eigenvalue weighted by atomic mass is 35.5. The van der Waals surface area contributed by atoms with Crippen LogP contribution >= 0.6 is 11.6 Å². The van der Waals surface area contributed by atoms with Gasteiger partial charge in [0.15, 0.2) is 0 Å². The first kappa shape index (κ1) is 7.36. The molecule has 0 bridgehead atoms. The van der Waals surface area contributed by atoms with Gasteiger partial charge in [0.2, 0.25) is 0 Å². The van der Waals surface area contributed by atoms with Crippen molar-refractivity contribution in [3.63, 3.8) is 0 Å². The van der Waals surface area contributed by atoms with Crippen molar-refractivity contribution in [1.82, 2.24) is 15.0 Å². The van der Waals surface area contributed by atoms with Crippen LogP contribution in [0.4, 0.5) is 5.69 Å². The third kappa shape index (κ3) is 1.00. The van der Waals surface area contributed by atoms with Crippen LogP contribution in [0.5, 0.6) is 0 Å². The smallest absolute Gasteiger partial charge is 0.117 e. The number of nitrogens with two attached hydrogens (primary N) is 1. The van der Waals surface area contributed by atoms with E-state index < -0.39 is 0 Å². The molecule has 0 fully saturated rings. The number of nitrogen functional groups attached to an aromatic ring is 1. The Labute approximate surface area is 73.9 Å². The van der Waals surface area contributed by atoms with E-state index >= 15 is 0 Å². The summed E-state index contributed by atoms with van der Waals surface area (Å²) < 4.78 is 1.59. The highest BCUT2D eigenvalue weighted by molar-refractivity contribution is 6.15. The number of anilines is 1. The predicted molar refractivity (Wildman–Crippen MR) is 47.8 cm³/mol. The van der Waals surface area contributed by atoms with Gasteiger partial charge in [-0.15, -0.1) is 16.7 Å². The van der Waals surface area contributed by atoms with E-state index in [0.29, 0.717) is 11.7 Å². The SMILES string of the molecule is Nc1ccc2nnn(CCl)c2c1. The van der Waals surface area contributed by atoms with Crippen molar-refractivity contribution in [2.45, 2.75) is 6.00 Å². The normalized spacial score (nSPS) is 10.8. The Balaban J connectivity index is 2.75. The Morgan fingerprint density at radius 3 is 3.08 bits per heavy atom. The third-order valence-corrected chi connectivity index (χ3v) is 1.88. The summed E-state index contributed by atoms with van der Waals surface area (Å²) >= 11 is 5.62. The Kier molecular flexibility index (Phi) is 1.62. The number of halogens is 1. The lowest BCUT2D eigenvalue weighted by atomic mass is 10.3. The Morgan fingerprint density at radius 1 is 1.50 bits per heavy atom. The summed E-state index contributed by atoms with van der Waals surface area (Å²) in [6.07, 6.45) is 0. The fourth-order valence-electron chi connectivity index (χ4n) is 1.07. The minimum atomic E-state index is 0.292. The number of fused-ring (bicyclic) bond motifs is 1.